The topological polar surface area (TPSA) is 37.0 Å². The highest BCUT2D eigenvalue weighted by molar-refractivity contribution is 7.80. The molecule has 1 heterocycles. The van der Waals surface area contributed by atoms with Crippen LogP contribution in [0.1, 0.15) is 11.1 Å². The van der Waals surface area contributed by atoms with E-state index in [4.69, 9.17) is 12.2 Å². The molecule has 0 aliphatic heterocycles. The van der Waals surface area contributed by atoms with E-state index in [1.54, 1.807) is 6.20 Å². The molecule has 0 unspecified atom stereocenters. The molecular formula is C14H15N3S. The number of nitrogens with one attached hydrogen (secondary N) is 2. The molecule has 1 aromatic carbocycles. The van der Waals surface area contributed by atoms with Crippen LogP contribution in [0.15, 0.2) is 42.6 Å². The third-order valence-electron chi connectivity index (χ3n) is 2.54. The highest BCUT2D eigenvalue weighted by atomic mass is 32.1. The minimum absolute atomic E-state index is 0.542. The first kappa shape index (κ1) is 12.5. The Balaban J connectivity index is 2.03. The van der Waals surface area contributed by atoms with Gasteiger partial charge >= 0.3 is 0 Å². The summed E-state index contributed by atoms with van der Waals surface area (Å²) in [4.78, 5) is 4.16. The number of aromatic nitrogens is 1. The minimum atomic E-state index is 0.542. The standard InChI is InChI=1S/C14H15N3S/c1-10-6-7-12(11(2)9-10)16-14(18)17-13-5-3-4-8-15-13/h3-9H,1-2H3,(H2,15,16,17,18). The lowest BCUT2D eigenvalue weighted by Gasteiger charge is -2.12. The fraction of sp³-hybridized carbons (Fsp3) is 0.143. The minimum Gasteiger partial charge on any atom is -0.332 e. The molecule has 0 saturated carbocycles. The summed E-state index contributed by atoms with van der Waals surface area (Å²) < 4.78 is 0. The molecule has 0 aliphatic rings. The molecule has 1 aromatic heterocycles. The van der Waals surface area contributed by atoms with Crippen molar-refractivity contribution < 1.29 is 0 Å². The molecule has 0 fully saturated rings. The molecule has 0 atom stereocenters. The van der Waals surface area contributed by atoms with E-state index in [1.807, 2.05) is 24.3 Å². The zero-order valence-electron chi connectivity index (χ0n) is 10.4. The van der Waals surface area contributed by atoms with E-state index in [2.05, 4.69) is 41.6 Å². The molecule has 4 heteroatoms. The molecule has 2 N–H and O–H groups in total. The van der Waals surface area contributed by atoms with Gasteiger partial charge in [-0.3, -0.25) is 0 Å². The normalized spacial score (nSPS) is 9.89. The Morgan fingerprint density at radius 3 is 2.61 bits per heavy atom. The van der Waals surface area contributed by atoms with Crippen molar-refractivity contribution in [3.63, 3.8) is 0 Å². The van der Waals surface area contributed by atoms with Crippen LogP contribution in [0.25, 0.3) is 0 Å². The molecule has 92 valence electrons. The predicted molar refractivity (Wildman–Crippen MR) is 80.0 cm³/mol. The summed E-state index contributed by atoms with van der Waals surface area (Å²) in [6.45, 7) is 4.12. The Morgan fingerprint density at radius 2 is 1.94 bits per heavy atom. The average Bonchev–Trinajstić information content (AvgIpc) is 2.34. The van der Waals surface area contributed by atoms with Gasteiger partial charge in [0, 0.05) is 11.9 Å². The summed E-state index contributed by atoms with van der Waals surface area (Å²) >= 11 is 5.25. The van der Waals surface area contributed by atoms with Crippen molar-refractivity contribution in [2.24, 2.45) is 0 Å². The Labute approximate surface area is 112 Å². The summed E-state index contributed by atoms with van der Waals surface area (Å²) in [7, 11) is 0. The molecule has 2 rings (SSSR count). The molecule has 0 bridgehead atoms. The van der Waals surface area contributed by atoms with Gasteiger partial charge in [0.05, 0.1) is 0 Å². The molecule has 18 heavy (non-hydrogen) atoms. The van der Waals surface area contributed by atoms with Crippen molar-refractivity contribution in [1.29, 1.82) is 0 Å². The summed E-state index contributed by atoms with van der Waals surface area (Å²) in [5.74, 6) is 0.736. The van der Waals surface area contributed by atoms with Crippen LogP contribution in [0.3, 0.4) is 0 Å². The summed E-state index contributed by atoms with van der Waals surface area (Å²) in [6.07, 6.45) is 1.72. The second-order valence-electron chi connectivity index (χ2n) is 4.11. The Hall–Kier alpha value is -1.94. The largest absolute Gasteiger partial charge is 0.332 e. The van der Waals surface area contributed by atoms with Crippen molar-refractivity contribution in [3.8, 4) is 0 Å². The lowest BCUT2D eigenvalue weighted by atomic mass is 10.1. The van der Waals surface area contributed by atoms with Crippen molar-refractivity contribution in [2.45, 2.75) is 13.8 Å². The quantitative estimate of drug-likeness (QED) is 0.807. The third kappa shape index (κ3) is 3.28. The van der Waals surface area contributed by atoms with Gasteiger partial charge in [-0.05, 0) is 49.8 Å². The maximum atomic E-state index is 5.25. The molecule has 0 spiro atoms. The Kier molecular flexibility index (Phi) is 3.89. The molecule has 0 amide bonds. The number of anilines is 2. The van der Waals surface area contributed by atoms with Gasteiger partial charge in [0.15, 0.2) is 5.11 Å². The number of thiocarbonyl (C=S) groups is 1. The molecule has 3 nitrogen and oxygen atoms in total. The van der Waals surface area contributed by atoms with Gasteiger partial charge in [0.2, 0.25) is 0 Å². The average molecular weight is 257 g/mol. The number of hydrogen-bond donors (Lipinski definition) is 2. The number of benzene rings is 1. The fourth-order valence-corrected chi connectivity index (χ4v) is 1.87. The SMILES string of the molecule is Cc1ccc(NC(=S)Nc2ccccn2)c(C)c1. The van der Waals surface area contributed by atoms with E-state index in [1.165, 1.54) is 11.1 Å². The first-order valence-electron chi connectivity index (χ1n) is 5.71. The molecule has 0 radical (unpaired) electrons. The fourth-order valence-electron chi connectivity index (χ4n) is 1.66. The van der Waals surface area contributed by atoms with Crippen LogP contribution >= 0.6 is 12.2 Å². The van der Waals surface area contributed by atoms with Crippen LogP contribution in [0.4, 0.5) is 11.5 Å². The summed E-state index contributed by atoms with van der Waals surface area (Å²) in [5.41, 5.74) is 3.41. The van der Waals surface area contributed by atoms with Crippen LogP contribution in [0.2, 0.25) is 0 Å². The molecule has 2 aromatic rings. The van der Waals surface area contributed by atoms with Gasteiger partial charge in [-0.15, -0.1) is 0 Å². The van der Waals surface area contributed by atoms with Crippen molar-refractivity contribution >= 4 is 28.8 Å². The summed E-state index contributed by atoms with van der Waals surface area (Å²) in [6, 6.07) is 11.8. The van der Waals surface area contributed by atoms with E-state index in [0.29, 0.717) is 5.11 Å². The van der Waals surface area contributed by atoms with Crippen molar-refractivity contribution in [2.75, 3.05) is 10.6 Å². The Morgan fingerprint density at radius 1 is 1.11 bits per heavy atom. The van der Waals surface area contributed by atoms with E-state index in [-0.39, 0.29) is 0 Å². The highest BCUT2D eigenvalue weighted by Gasteiger charge is 2.02. The monoisotopic (exact) mass is 257 g/mol. The van der Waals surface area contributed by atoms with Gasteiger partial charge in [0.25, 0.3) is 0 Å². The van der Waals surface area contributed by atoms with E-state index < -0.39 is 0 Å². The number of nitrogens with zero attached hydrogens (tertiary/aromatic N) is 1. The smallest absolute Gasteiger partial charge is 0.176 e. The van der Waals surface area contributed by atoms with Crippen molar-refractivity contribution in [1.82, 2.24) is 4.98 Å². The number of aryl methyl sites for hydroxylation is 2. The third-order valence-corrected chi connectivity index (χ3v) is 2.74. The molecule has 0 aliphatic carbocycles. The van der Waals surface area contributed by atoms with Crippen LogP contribution in [-0.4, -0.2) is 10.1 Å². The van der Waals surface area contributed by atoms with Gasteiger partial charge in [-0.2, -0.15) is 0 Å². The number of pyridine rings is 1. The second-order valence-corrected chi connectivity index (χ2v) is 4.52. The first-order chi connectivity index (χ1) is 8.65. The van der Waals surface area contributed by atoms with E-state index in [9.17, 15) is 0 Å². The lowest BCUT2D eigenvalue weighted by molar-refractivity contribution is 1.32. The Bertz CT molecular complexity index is 552. The van der Waals surface area contributed by atoms with Crippen LogP contribution in [-0.2, 0) is 0 Å². The zero-order chi connectivity index (χ0) is 13.0. The summed E-state index contributed by atoms with van der Waals surface area (Å²) in [5, 5.41) is 6.75. The first-order valence-corrected chi connectivity index (χ1v) is 6.12. The predicted octanol–water partition coefficient (Wildman–Crippen LogP) is 3.51. The van der Waals surface area contributed by atoms with Gasteiger partial charge in [-0.25, -0.2) is 4.98 Å². The molecular weight excluding hydrogens is 242 g/mol. The van der Waals surface area contributed by atoms with Crippen LogP contribution in [0.5, 0.6) is 0 Å². The zero-order valence-corrected chi connectivity index (χ0v) is 11.2. The molecule has 0 saturated heterocycles. The maximum absolute atomic E-state index is 5.25. The number of rotatable bonds is 2. The van der Waals surface area contributed by atoms with E-state index >= 15 is 0 Å². The van der Waals surface area contributed by atoms with Gasteiger partial charge < -0.3 is 10.6 Å². The van der Waals surface area contributed by atoms with Gasteiger partial charge in [-0.1, -0.05) is 23.8 Å². The lowest BCUT2D eigenvalue weighted by Crippen LogP contribution is -2.20. The van der Waals surface area contributed by atoms with E-state index in [0.717, 1.165) is 11.5 Å². The number of hydrogen-bond acceptors (Lipinski definition) is 2. The second kappa shape index (κ2) is 5.60. The van der Waals surface area contributed by atoms with Crippen molar-refractivity contribution in [3.05, 3.63) is 53.7 Å². The van der Waals surface area contributed by atoms with Crippen LogP contribution < -0.4 is 10.6 Å². The van der Waals surface area contributed by atoms with Gasteiger partial charge in [0.1, 0.15) is 5.82 Å². The maximum Gasteiger partial charge on any atom is 0.176 e. The highest BCUT2D eigenvalue weighted by Crippen LogP contribution is 2.16. The van der Waals surface area contributed by atoms with Crippen LogP contribution in [0, 0.1) is 13.8 Å².